The molecule has 134 valence electrons. The molecule has 1 saturated heterocycles. The average molecular weight is 353 g/mol. The van der Waals surface area contributed by atoms with E-state index >= 15 is 0 Å². The number of pyridine rings is 1. The Morgan fingerprint density at radius 1 is 1.27 bits per heavy atom. The third kappa shape index (κ3) is 2.85. The third-order valence-corrected chi connectivity index (χ3v) is 5.05. The topological polar surface area (TPSA) is 59.2 Å². The number of likely N-dealkylation sites (tertiary alicyclic amines) is 1. The van der Waals surface area contributed by atoms with E-state index in [1.807, 2.05) is 11.8 Å². The zero-order chi connectivity index (χ0) is 18.3. The van der Waals surface area contributed by atoms with Gasteiger partial charge in [0.2, 0.25) is 0 Å². The van der Waals surface area contributed by atoms with Crippen LogP contribution in [0, 0.1) is 12.7 Å². The smallest absolute Gasteiger partial charge is 0.259 e. The Hall–Kier alpha value is -2.76. The Morgan fingerprint density at radius 2 is 2.04 bits per heavy atom. The maximum atomic E-state index is 13.3. The fourth-order valence-corrected chi connectivity index (χ4v) is 3.59. The third-order valence-electron chi connectivity index (χ3n) is 5.05. The maximum Gasteiger partial charge on any atom is 0.259 e. The van der Waals surface area contributed by atoms with E-state index in [1.165, 1.54) is 12.1 Å². The van der Waals surface area contributed by atoms with Crippen molar-refractivity contribution in [3.63, 3.8) is 0 Å². The SMILES string of the molecule is Cc1noc2nc(-c3ccc(F)cc3)cc(C(=O)N3CCCC[C@H]3C)c12. The van der Waals surface area contributed by atoms with Gasteiger partial charge in [0.25, 0.3) is 11.6 Å². The van der Waals surface area contributed by atoms with E-state index in [2.05, 4.69) is 17.1 Å². The lowest BCUT2D eigenvalue weighted by atomic mass is 10.00. The summed E-state index contributed by atoms with van der Waals surface area (Å²) in [4.78, 5) is 19.7. The summed E-state index contributed by atoms with van der Waals surface area (Å²) in [6.45, 7) is 4.64. The number of aromatic nitrogens is 2. The van der Waals surface area contributed by atoms with Crippen LogP contribution in [-0.2, 0) is 0 Å². The summed E-state index contributed by atoms with van der Waals surface area (Å²) in [5.41, 5.74) is 2.81. The van der Waals surface area contributed by atoms with Gasteiger partial charge in [-0.1, -0.05) is 5.16 Å². The van der Waals surface area contributed by atoms with E-state index in [9.17, 15) is 9.18 Å². The molecule has 0 aliphatic carbocycles. The molecule has 0 bridgehead atoms. The van der Waals surface area contributed by atoms with Crippen molar-refractivity contribution < 1.29 is 13.7 Å². The van der Waals surface area contributed by atoms with E-state index < -0.39 is 0 Å². The number of hydrogen-bond acceptors (Lipinski definition) is 4. The van der Waals surface area contributed by atoms with Crippen LogP contribution in [0.4, 0.5) is 4.39 Å². The Balaban J connectivity index is 1.85. The van der Waals surface area contributed by atoms with E-state index in [0.29, 0.717) is 28.1 Å². The molecule has 1 aliphatic rings. The molecule has 0 saturated carbocycles. The minimum absolute atomic E-state index is 0.0285. The lowest BCUT2D eigenvalue weighted by Gasteiger charge is -2.33. The van der Waals surface area contributed by atoms with Gasteiger partial charge in [-0.15, -0.1) is 0 Å². The van der Waals surface area contributed by atoms with E-state index in [0.717, 1.165) is 31.4 Å². The highest BCUT2D eigenvalue weighted by atomic mass is 19.1. The number of benzene rings is 1. The number of nitrogens with zero attached hydrogens (tertiary/aromatic N) is 3. The molecule has 0 spiro atoms. The zero-order valence-electron chi connectivity index (χ0n) is 14.8. The Kier molecular flexibility index (Phi) is 4.18. The monoisotopic (exact) mass is 353 g/mol. The van der Waals surface area contributed by atoms with Gasteiger partial charge in [0.05, 0.1) is 22.3 Å². The number of fused-ring (bicyclic) bond motifs is 1. The van der Waals surface area contributed by atoms with Gasteiger partial charge in [-0.05, 0) is 63.4 Å². The summed E-state index contributed by atoms with van der Waals surface area (Å²) < 4.78 is 18.6. The normalized spacial score (nSPS) is 17.7. The first-order valence-corrected chi connectivity index (χ1v) is 8.88. The minimum Gasteiger partial charge on any atom is -0.336 e. The van der Waals surface area contributed by atoms with E-state index in [-0.39, 0.29) is 17.8 Å². The van der Waals surface area contributed by atoms with Crippen molar-refractivity contribution >= 4 is 17.0 Å². The first-order chi connectivity index (χ1) is 12.5. The molecule has 0 N–H and O–H groups in total. The first-order valence-electron chi connectivity index (χ1n) is 8.88. The second-order valence-electron chi connectivity index (χ2n) is 6.85. The highest BCUT2D eigenvalue weighted by Crippen LogP contribution is 2.29. The molecule has 3 heterocycles. The predicted molar refractivity (Wildman–Crippen MR) is 96.3 cm³/mol. The Labute approximate surface area is 150 Å². The highest BCUT2D eigenvalue weighted by Gasteiger charge is 2.28. The molecule has 2 aromatic heterocycles. The summed E-state index contributed by atoms with van der Waals surface area (Å²) in [7, 11) is 0. The van der Waals surface area contributed by atoms with Gasteiger partial charge in [-0.2, -0.15) is 0 Å². The van der Waals surface area contributed by atoms with Crippen LogP contribution in [0.3, 0.4) is 0 Å². The molecule has 1 atom stereocenters. The molecule has 1 fully saturated rings. The maximum absolute atomic E-state index is 13.3. The van der Waals surface area contributed by atoms with Crippen molar-refractivity contribution in [3.8, 4) is 11.3 Å². The van der Waals surface area contributed by atoms with E-state index in [1.54, 1.807) is 18.2 Å². The summed E-state index contributed by atoms with van der Waals surface area (Å²) in [6, 6.07) is 8.01. The average Bonchev–Trinajstić information content (AvgIpc) is 3.02. The van der Waals surface area contributed by atoms with Crippen LogP contribution in [0.1, 0.15) is 42.2 Å². The van der Waals surface area contributed by atoms with Crippen molar-refractivity contribution in [3.05, 3.63) is 47.4 Å². The number of carbonyl (C=O) groups excluding carboxylic acids is 1. The lowest BCUT2D eigenvalue weighted by molar-refractivity contribution is 0.0637. The number of rotatable bonds is 2. The molecule has 0 unspecified atom stereocenters. The second kappa shape index (κ2) is 6.52. The van der Waals surface area contributed by atoms with Gasteiger partial charge in [0.1, 0.15) is 5.82 Å². The molecular weight excluding hydrogens is 333 g/mol. The summed E-state index contributed by atoms with van der Waals surface area (Å²) in [5.74, 6) is -0.344. The van der Waals surface area contributed by atoms with Crippen molar-refractivity contribution in [2.75, 3.05) is 6.54 Å². The number of halogens is 1. The molecule has 1 aliphatic heterocycles. The largest absolute Gasteiger partial charge is 0.336 e. The second-order valence-corrected chi connectivity index (χ2v) is 6.85. The molecule has 4 rings (SSSR count). The van der Waals surface area contributed by atoms with Crippen LogP contribution in [0.5, 0.6) is 0 Å². The van der Waals surface area contributed by atoms with Gasteiger partial charge in [0.15, 0.2) is 0 Å². The van der Waals surface area contributed by atoms with Crippen LogP contribution < -0.4 is 0 Å². The van der Waals surface area contributed by atoms with Gasteiger partial charge in [0, 0.05) is 18.2 Å². The standard InChI is InChI=1S/C20H20FN3O2/c1-12-5-3-4-10-24(12)20(25)16-11-17(14-6-8-15(21)9-7-14)22-19-18(16)13(2)23-26-19/h6-9,11-12H,3-5,10H2,1-2H3/t12-/m1/s1. The van der Waals surface area contributed by atoms with Crippen molar-refractivity contribution in [2.45, 2.75) is 39.2 Å². The van der Waals surface area contributed by atoms with Crippen molar-refractivity contribution in [1.29, 1.82) is 0 Å². The number of carbonyl (C=O) groups is 1. The van der Waals surface area contributed by atoms with Gasteiger partial charge >= 0.3 is 0 Å². The van der Waals surface area contributed by atoms with Gasteiger partial charge in [-0.3, -0.25) is 4.79 Å². The minimum atomic E-state index is -0.316. The molecule has 5 nitrogen and oxygen atoms in total. The Bertz CT molecular complexity index is 965. The number of aryl methyl sites for hydroxylation is 1. The van der Waals surface area contributed by atoms with Crippen LogP contribution in [0.2, 0.25) is 0 Å². The molecular formula is C20H20FN3O2. The fraction of sp³-hybridized carbons (Fsp3) is 0.350. The summed E-state index contributed by atoms with van der Waals surface area (Å²) in [6.07, 6.45) is 3.16. The quantitative estimate of drug-likeness (QED) is 0.687. The van der Waals surface area contributed by atoms with Gasteiger partial charge < -0.3 is 9.42 Å². The van der Waals surface area contributed by atoms with Crippen molar-refractivity contribution in [1.82, 2.24) is 15.0 Å². The van der Waals surface area contributed by atoms with Crippen LogP contribution in [-0.4, -0.2) is 33.5 Å². The number of amides is 1. The Morgan fingerprint density at radius 3 is 2.77 bits per heavy atom. The first kappa shape index (κ1) is 16.7. The zero-order valence-corrected chi connectivity index (χ0v) is 14.8. The molecule has 1 amide bonds. The van der Waals surface area contributed by atoms with Gasteiger partial charge in [-0.25, -0.2) is 9.37 Å². The van der Waals surface area contributed by atoms with Crippen LogP contribution >= 0.6 is 0 Å². The molecule has 0 radical (unpaired) electrons. The number of piperidine rings is 1. The number of hydrogen-bond donors (Lipinski definition) is 0. The lowest BCUT2D eigenvalue weighted by Crippen LogP contribution is -2.42. The summed E-state index contributed by atoms with van der Waals surface area (Å²) in [5, 5.41) is 4.64. The van der Waals surface area contributed by atoms with E-state index in [4.69, 9.17) is 4.52 Å². The molecule has 3 aromatic rings. The van der Waals surface area contributed by atoms with Crippen LogP contribution in [0.25, 0.3) is 22.4 Å². The fourth-order valence-electron chi connectivity index (χ4n) is 3.59. The molecule has 26 heavy (non-hydrogen) atoms. The highest BCUT2D eigenvalue weighted by molar-refractivity contribution is 6.07. The predicted octanol–water partition coefficient (Wildman–Crippen LogP) is 4.35. The van der Waals surface area contributed by atoms with Crippen LogP contribution in [0.15, 0.2) is 34.9 Å². The molecule has 1 aromatic carbocycles. The summed E-state index contributed by atoms with van der Waals surface area (Å²) >= 11 is 0. The van der Waals surface area contributed by atoms with Crippen molar-refractivity contribution in [2.24, 2.45) is 0 Å². The molecule has 6 heteroatoms.